The van der Waals surface area contributed by atoms with Crippen LogP contribution in [-0.4, -0.2) is 5.97 Å². The Bertz CT molecular complexity index is 904. The van der Waals surface area contributed by atoms with Gasteiger partial charge in [-0.25, -0.2) is 0 Å². The maximum absolute atomic E-state index is 11.8. The Kier molecular flexibility index (Phi) is 6.31. The molecule has 3 aromatic rings. The molecule has 3 aromatic carbocycles. The van der Waals surface area contributed by atoms with Crippen molar-refractivity contribution in [2.24, 2.45) is 0 Å². The first-order valence-electron chi connectivity index (χ1n) is 8.10. The lowest BCUT2D eigenvalue weighted by molar-refractivity contribution is -0.134. The van der Waals surface area contributed by atoms with Gasteiger partial charge in [0.1, 0.15) is 0 Å². The highest BCUT2D eigenvalue weighted by Gasteiger charge is 2.16. The van der Waals surface area contributed by atoms with Crippen LogP contribution in [0.3, 0.4) is 0 Å². The number of carbonyl (C=O) groups is 1. The molecule has 0 aliphatic heterocycles. The van der Waals surface area contributed by atoms with Crippen LogP contribution in [0.4, 0.5) is 0 Å². The van der Waals surface area contributed by atoms with Crippen LogP contribution in [-0.2, 0) is 9.53 Å². The predicted molar refractivity (Wildman–Crippen MR) is 111 cm³/mol. The van der Waals surface area contributed by atoms with Gasteiger partial charge in [-0.3, -0.25) is 4.79 Å². The van der Waals surface area contributed by atoms with Crippen LogP contribution < -0.4 is 0 Å². The van der Waals surface area contributed by atoms with Crippen molar-refractivity contribution in [1.82, 2.24) is 0 Å². The minimum Gasteiger partial charge on any atom is -0.425 e. The van der Waals surface area contributed by atoms with E-state index in [2.05, 4.69) is 15.9 Å². The normalized spacial score (nSPS) is 11.6. The van der Waals surface area contributed by atoms with E-state index in [1.54, 1.807) is 11.8 Å². The molecule has 0 fully saturated rings. The Morgan fingerprint density at radius 1 is 0.808 bits per heavy atom. The Labute approximate surface area is 166 Å². The number of carbonyl (C=O) groups excluding carboxylic acids is 1. The second-order valence-electron chi connectivity index (χ2n) is 5.54. The third-order valence-electron chi connectivity index (χ3n) is 3.56. The summed E-state index contributed by atoms with van der Waals surface area (Å²) in [5, 5.41) is 0. The zero-order valence-corrected chi connectivity index (χ0v) is 16.6. The quantitative estimate of drug-likeness (QED) is 0.199. The summed E-state index contributed by atoms with van der Waals surface area (Å²) in [5.74, 6) is 0.228. The Balaban J connectivity index is 2.16. The maximum atomic E-state index is 11.8. The van der Waals surface area contributed by atoms with Crippen molar-refractivity contribution in [2.45, 2.75) is 11.8 Å². The van der Waals surface area contributed by atoms with E-state index in [0.29, 0.717) is 5.76 Å². The zero-order chi connectivity index (χ0) is 18.4. The lowest BCUT2D eigenvalue weighted by atomic mass is 10.1. The molecule has 0 unspecified atom stereocenters. The summed E-state index contributed by atoms with van der Waals surface area (Å²) in [5.41, 5.74) is 1.87. The molecule has 130 valence electrons. The van der Waals surface area contributed by atoms with Gasteiger partial charge in [0.05, 0.1) is 4.91 Å². The van der Waals surface area contributed by atoms with Gasteiger partial charge in [0.25, 0.3) is 0 Å². The zero-order valence-electron chi connectivity index (χ0n) is 14.2. The molecular formula is C22H17BrO2S. The minimum atomic E-state index is -0.339. The van der Waals surface area contributed by atoms with Gasteiger partial charge in [-0.1, -0.05) is 88.4 Å². The van der Waals surface area contributed by atoms with Crippen LogP contribution in [0.15, 0.2) is 94.3 Å². The molecule has 0 heterocycles. The SMILES string of the molecule is CC(=O)O/C(=C(\Sc1ccc(Br)cc1)c1ccccc1)c1ccccc1. The van der Waals surface area contributed by atoms with E-state index in [4.69, 9.17) is 4.74 Å². The second-order valence-corrected chi connectivity index (χ2v) is 7.54. The van der Waals surface area contributed by atoms with Crippen LogP contribution in [0.2, 0.25) is 0 Å². The van der Waals surface area contributed by atoms with E-state index in [9.17, 15) is 4.79 Å². The van der Waals surface area contributed by atoms with Crippen molar-refractivity contribution in [3.05, 3.63) is 101 Å². The van der Waals surface area contributed by atoms with Crippen molar-refractivity contribution in [2.75, 3.05) is 0 Å². The number of ether oxygens (including phenoxy) is 1. The Morgan fingerprint density at radius 3 is 1.88 bits per heavy atom. The third kappa shape index (κ3) is 4.87. The van der Waals surface area contributed by atoms with Crippen molar-refractivity contribution in [3.63, 3.8) is 0 Å². The summed E-state index contributed by atoms with van der Waals surface area (Å²) in [6, 6.07) is 27.8. The van der Waals surface area contributed by atoms with Gasteiger partial charge < -0.3 is 4.74 Å². The van der Waals surface area contributed by atoms with Gasteiger partial charge in [0.15, 0.2) is 5.76 Å². The molecule has 0 aliphatic carbocycles. The van der Waals surface area contributed by atoms with E-state index in [-0.39, 0.29) is 5.97 Å². The summed E-state index contributed by atoms with van der Waals surface area (Å²) in [7, 11) is 0. The van der Waals surface area contributed by atoms with E-state index in [0.717, 1.165) is 25.4 Å². The number of rotatable bonds is 5. The molecule has 0 aromatic heterocycles. The number of benzene rings is 3. The average Bonchev–Trinajstić information content (AvgIpc) is 2.67. The van der Waals surface area contributed by atoms with Crippen molar-refractivity contribution < 1.29 is 9.53 Å². The van der Waals surface area contributed by atoms with E-state index in [1.807, 2.05) is 84.9 Å². The number of halogens is 1. The van der Waals surface area contributed by atoms with Gasteiger partial charge in [-0.15, -0.1) is 0 Å². The van der Waals surface area contributed by atoms with Gasteiger partial charge in [-0.2, -0.15) is 0 Å². The van der Waals surface area contributed by atoms with Crippen LogP contribution >= 0.6 is 27.7 Å². The maximum Gasteiger partial charge on any atom is 0.308 e. The molecule has 0 bridgehead atoms. The van der Waals surface area contributed by atoms with E-state index < -0.39 is 0 Å². The number of hydrogen-bond donors (Lipinski definition) is 0. The van der Waals surface area contributed by atoms with Gasteiger partial charge >= 0.3 is 5.97 Å². The van der Waals surface area contributed by atoms with Crippen molar-refractivity contribution in [1.29, 1.82) is 0 Å². The molecule has 2 nitrogen and oxygen atoms in total. The predicted octanol–water partition coefficient (Wildman–Crippen LogP) is 6.63. The van der Waals surface area contributed by atoms with Gasteiger partial charge in [0, 0.05) is 21.9 Å². The number of hydrogen-bond acceptors (Lipinski definition) is 3. The molecule has 0 saturated carbocycles. The molecule has 0 atom stereocenters. The van der Waals surface area contributed by atoms with E-state index >= 15 is 0 Å². The van der Waals surface area contributed by atoms with Gasteiger partial charge in [0.2, 0.25) is 0 Å². The fourth-order valence-electron chi connectivity index (χ4n) is 2.42. The minimum absolute atomic E-state index is 0.339. The second kappa shape index (κ2) is 8.88. The van der Waals surface area contributed by atoms with E-state index in [1.165, 1.54) is 6.92 Å². The van der Waals surface area contributed by atoms with Crippen LogP contribution in [0.25, 0.3) is 10.7 Å². The molecular weight excluding hydrogens is 408 g/mol. The highest BCUT2D eigenvalue weighted by atomic mass is 79.9. The molecule has 4 heteroatoms. The van der Waals surface area contributed by atoms with Crippen molar-refractivity contribution in [3.8, 4) is 0 Å². The smallest absolute Gasteiger partial charge is 0.308 e. The first kappa shape index (κ1) is 18.5. The van der Waals surface area contributed by atoms with Crippen molar-refractivity contribution >= 4 is 44.3 Å². The van der Waals surface area contributed by atoms with Gasteiger partial charge in [-0.05, 0) is 29.8 Å². The van der Waals surface area contributed by atoms with Crippen LogP contribution in [0.5, 0.6) is 0 Å². The first-order chi connectivity index (χ1) is 12.6. The molecule has 0 spiro atoms. The largest absolute Gasteiger partial charge is 0.425 e. The highest BCUT2D eigenvalue weighted by molar-refractivity contribution is 9.10. The monoisotopic (exact) mass is 424 g/mol. The summed E-state index contributed by atoms with van der Waals surface area (Å²) in [4.78, 5) is 13.7. The fourth-order valence-corrected chi connectivity index (χ4v) is 3.69. The summed E-state index contributed by atoms with van der Waals surface area (Å²) < 4.78 is 6.68. The Hall–Kier alpha value is -2.30. The number of esters is 1. The highest BCUT2D eigenvalue weighted by Crippen LogP contribution is 2.40. The molecule has 26 heavy (non-hydrogen) atoms. The lowest BCUT2D eigenvalue weighted by Gasteiger charge is -2.15. The van der Waals surface area contributed by atoms with Crippen LogP contribution in [0.1, 0.15) is 18.1 Å². The first-order valence-corrected chi connectivity index (χ1v) is 9.71. The summed E-state index contributed by atoms with van der Waals surface area (Å²) in [6.07, 6.45) is 0. The molecule has 0 radical (unpaired) electrons. The molecule has 0 N–H and O–H groups in total. The summed E-state index contributed by atoms with van der Waals surface area (Å²) >= 11 is 5.04. The average molecular weight is 425 g/mol. The summed E-state index contributed by atoms with van der Waals surface area (Å²) in [6.45, 7) is 1.43. The third-order valence-corrected chi connectivity index (χ3v) is 5.22. The lowest BCUT2D eigenvalue weighted by Crippen LogP contribution is -2.01. The molecule has 0 saturated heterocycles. The molecule has 0 amide bonds. The molecule has 3 rings (SSSR count). The molecule has 0 aliphatic rings. The Morgan fingerprint density at radius 2 is 1.35 bits per heavy atom. The fraction of sp³-hybridized carbons (Fsp3) is 0.0455. The topological polar surface area (TPSA) is 26.3 Å². The number of thioether (sulfide) groups is 1. The van der Waals surface area contributed by atoms with Crippen LogP contribution in [0, 0.1) is 0 Å². The standard InChI is InChI=1S/C22H17BrO2S/c1-16(24)25-21(17-8-4-2-5-9-17)22(18-10-6-3-7-11-18)26-20-14-12-19(23)13-15-20/h2-15H,1H3/b22-21-.